The zero-order valence-electron chi connectivity index (χ0n) is 17.5. The summed E-state index contributed by atoms with van der Waals surface area (Å²) in [7, 11) is 0. The van der Waals surface area contributed by atoms with Gasteiger partial charge in [-0.05, 0) is 51.3 Å². The first-order valence-electron chi connectivity index (χ1n) is 10.7. The van der Waals surface area contributed by atoms with E-state index in [1.54, 1.807) is 17.4 Å². The second-order valence-electron chi connectivity index (χ2n) is 7.89. The number of nitrogens with zero attached hydrogens (tertiary/aromatic N) is 5. The van der Waals surface area contributed by atoms with Crippen molar-refractivity contribution in [3.63, 3.8) is 0 Å². The summed E-state index contributed by atoms with van der Waals surface area (Å²) in [5, 5.41) is 12.7. The lowest BCUT2D eigenvalue weighted by molar-refractivity contribution is 0.343. The molecule has 0 amide bonds. The van der Waals surface area contributed by atoms with Crippen molar-refractivity contribution in [3.8, 4) is 0 Å². The molecule has 4 rings (SSSR count). The van der Waals surface area contributed by atoms with Crippen LogP contribution in [0.4, 0.5) is 23.1 Å². The molecule has 30 heavy (non-hydrogen) atoms. The van der Waals surface area contributed by atoms with E-state index in [2.05, 4.69) is 44.8 Å². The van der Waals surface area contributed by atoms with Gasteiger partial charge in [-0.3, -0.25) is 9.69 Å². The van der Waals surface area contributed by atoms with E-state index < -0.39 is 0 Å². The third kappa shape index (κ3) is 4.63. The Bertz CT molecular complexity index is 924. The topological polar surface area (TPSA) is 123 Å². The summed E-state index contributed by atoms with van der Waals surface area (Å²) in [6, 6.07) is 0.424. The van der Waals surface area contributed by atoms with Gasteiger partial charge in [-0.2, -0.15) is 10.1 Å². The van der Waals surface area contributed by atoms with Crippen LogP contribution >= 0.6 is 0 Å². The van der Waals surface area contributed by atoms with Crippen LogP contribution in [-0.2, 0) is 0 Å². The summed E-state index contributed by atoms with van der Waals surface area (Å²) >= 11 is 0. The van der Waals surface area contributed by atoms with E-state index in [0.717, 1.165) is 63.0 Å². The summed E-state index contributed by atoms with van der Waals surface area (Å²) in [6.07, 6.45) is 15.9. The first kappa shape index (κ1) is 20.4. The van der Waals surface area contributed by atoms with Gasteiger partial charge < -0.3 is 16.4 Å². The van der Waals surface area contributed by atoms with Crippen molar-refractivity contribution in [3.05, 3.63) is 42.0 Å². The van der Waals surface area contributed by atoms with Crippen LogP contribution < -0.4 is 27.2 Å². The molecule has 0 saturated carbocycles. The number of allylic oxidation sites excluding steroid dienone is 4. The van der Waals surface area contributed by atoms with Crippen molar-refractivity contribution in [2.24, 2.45) is 5.84 Å². The van der Waals surface area contributed by atoms with E-state index in [1.807, 2.05) is 10.9 Å². The number of hydrogen-bond donors (Lipinski definition) is 4. The van der Waals surface area contributed by atoms with Crippen molar-refractivity contribution in [1.29, 1.82) is 0 Å². The van der Waals surface area contributed by atoms with Crippen molar-refractivity contribution < 1.29 is 0 Å². The molecule has 0 atom stereocenters. The van der Waals surface area contributed by atoms with Crippen LogP contribution in [-0.4, -0.2) is 32.8 Å². The molecule has 1 aliphatic heterocycles. The van der Waals surface area contributed by atoms with E-state index in [4.69, 9.17) is 11.6 Å². The van der Waals surface area contributed by atoms with Crippen molar-refractivity contribution in [2.75, 3.05) is 29.1 Å². The molecule has 1 aliphatic carbocycles. The van der Waals surface area contributed by atoms with Gasteiger partial charge in [-0.15, -0.1) is 0 Å². The lowest BCUT2D eigenvalue weighted by Crippen LogP contribution is -2.32. The van der Waals surface area contributed by atoms with E-state index in [1.165, 1.54) is 5.57 Å². The fraction of sp³-hybridized carbons (Fsp3) is 0.476. The monoisotopic (exact) mass is 409 g/mol. The molecule has 160 valence electrons. The van der Waals surface area contributed by atoms with Crippen LogP contribution in [0.3, 0.4) is 0 Å². The van der Waals surface area contributed by atoms with E-state index in [9.17, 15) is 0 Å². The normalized spacial score (nSPS) is 17.4. The van der Waals surface area contributed by atoms with E-state index in [0.29, 0.717) is 23.5 Å². The SMILES string of the molecule is CCCC1=CC=C(N(N)c2nc(Nc3cnn(C4CCNCC4)c3)ncc2N)CC1. The van der Waals surface area contributed by atoms with Gasteiger partial charge in [0, 0.05) is 11.9 Å². The number of hydrogen-bond acceptors (Lipinski definition) is 8. The Morgan fingerprint density at radius 3 is 2.80 bits per heavy atom. The first-order chi connectivity index (χ1) is 14.6. The van der Waals surface area contributed by atoms with Crippen LogP contribution in [0.2, 0.25) is 0 Å². The van der Waals surface area contributed by atoms with Crippen LogP contribution in [0, 0.1) is 0 Å². The Balaban J connectivity index is 1.48. The molecule has 2 aromatic heterocycles. The summed E-state index contributed by atoms with van der Waals surface area (Å²) in [5.41, 5.74) is 9.86. The van der Waals surface area contributed by atoms with Crippen LogP contribution in [0.5, 0.6) is 0 Å². The maximum Gasteiger partial charge on any atom is 0.229 e. The van der Waals surface area contributed by atoms with Gasteiger partial charge in [0.1, 0.15) is 0 Å². The number of anilines is 4. The van der Waals surface area contributed by atoms with Crippen LogP contribution in [0.25, 0.3) is 0 Å². The minimum atomic E-state index is 0.424. The third-order valence-corrected chi connectivity index (χ3v) is 5.66. The van der Waals surface area contributed by atoms with Gasteiger partial charge in [-0.1, -0.05) is 25.0 Å². The molecule has 9 nitrogen and oxygen atoms in total. The van der Waals surface area contributed by atoms with Crippen molar-refractivity contribution in [1.82, 2.24) is 25.1 Å². The third-order valence-electron chi connectivity index (χ3n) is 5.66. The standard InChI is InChI=1S/C21H31N9/c1-2-3-15-4-6-18(7-5-15)30(23)20-19(22)13-25-21(28-20)27-16-12-26-29(14-16)17-8-10-24-11-9-17/h4,6,12-14,17,24H,2-3,5,7-11,22-23H2,1H3,(H,25,27,28). The van der Waals surface area contributed by atoms with Gasteiger partial charge in [0.15, 0.2) is 5.82 Å². The first-order valence-corrected chi connectivity index (χ1v) is 10.7. The Hall–Kier alpha value is -2.91. The van der Waals surface area contributed by atoms with E-state index in [-0.39, 0.29) is 0 Å². The summed E-state index contributed by atoms with van der Waals surface area (Å²) in [4.78, 5) is 8.88. The molecule has 0 aromatic carbocycles. The highest BCUT2D eigenvalue weighted by Crippen LogP contribution is 2.29. The highest BCUT2D eigenvalue weighted by Gasteiger charge is 2.18. The predicted octanol–water partition coefficient (Wildman–Crippen LogP) is 3.01. The average molecular weight is 410 g/mol. The van der Waals surface area contributed by atoms with Crippen molar-refractivity contribution >= 4 is 23.1 Å². The number of aromatic nitrogens is 4. The highest BCUT2D eigenvalue weighted by molar-refractivity contribution is 5.66. The molecule has 0 unspecified atom stereocenters. The Labute approximate surface area is 177 Å². The maximum absolute atomic E-state index is 6.37. The molecule has 0 radical (unpaired) electrons. The van der Waals surface area contributed by atoms with Gasteiger partial charge in [0.2, 0.25) is 5.95 Å². The lowest BCUT2D eigenvalue weighted by atomic mass is 9.98. The number of hydrazine groups is 1. The number of nitrogen functional groups attached to an aromatic ring is 1. The molecule has 3 heterocycles. The number of nitrogens with one attached hydrogen (secondary N) is 2. The Morgan fingerprint density at radius 2 is 2.07 bits per heavy atom. The minimum absolute atomic E-state index is 0.424. The van der Waals surface area contributed by atoms with Gasteiger partial charge >= 0.3 is 0 Å². The predicted molar refractivity (Wildman–Crippen MR) is 120 cm³/mol. The van der Waals surface area contributed by atoms with Crippen LogP contribution in [0.15, 0.2) is 42.0 Å². The van der Waals surface area contributed by atoms with E-state index >= 15 is 0 Å². The summed E-state index contributed by atoms with van der Waals surface area (Å²) in [6.45, 7) is 4.24. The maximum atomic E-state index is 6.37. The average Bonchev–Trinajstić information content (AvgIpc) is 3.24. The molecule has 9 heteroatoms. The number of nitrogens with two attached hydrogens (primary N) is 2. The second kappa shape index (κ2) is 9.27. The molecular formula is C21H31N9. The fourth-order valence-corrected chi connectivity index (χ4v) is 3.97. The molecular weight excluding hydrogens is 378 g/mol. The second-order valence-corrected chi connectivity index (χ2v) is 7.89. The number of rotatable bonds is 7. The summed E-state index contributed by atoms with van der Waals surface area (Å²) < 4.78 is 2.02. The van der Waals surface area contributed by atoms with Crippen LogP contribution in [0.1, 0.15) is 51.5 Å². The lowest BCUT2D eigenvalue weighted by Gasteiger charge is -2.25. The van der Waals surface area contributed by atoms with Crippen molar-refractivity contribution in [2.45, 2.75) is 51.5 Å². The summed E-state index contributed by atoms with van der Waals surface area (Å²) in [5.74, 6) is 7.31. The molecule has 6 N–H and O–H groups in total. The van der Waals surface area contributed by atoms with Gasteiger partial charge in [-0.25, -0.2) is 10.8 Å². The molecule has 0 bridgehead atoms. The molecule has 0 spiro atoms. The molecule has 2 aliphatic rings. The highest BCUT2D eigenvalue weighted by atomic mass is 15.4. The largest absolute Gasteiger partial charge is 0.394 e. The fourth-order valence-electron chi connectivity index (χ4n) is 3.97. The van der Waals surface area contributed by atoms with Gasteiger partial charge in [0.25, 0.3) is 0 Å². The Morgan fingerprint density at radius 1 is 1.23 bits per heavy atom. The zero-order valence-corrected chi connectivity index (χ0v) is 17.5. The Kier molecular flexibility index (Phi) is 6.29. The number of piperidine rings is 1. The quantitative estimate of drug-likeness (QED) is 0.406. The minimum Gasteiger partial charge on any atom is -0.394 e. The zero-order chi connectivity index (χ0) is 20.9. The smallest absolute Gasteiger partial charge is 0.229 e. The molecule has 2 aromatic rings. The molecule has 1 saturated heterocycles. The molecule has 1 fully saturated rings. The van der Waals surface area contributed by atoms with Gasteiger partial charge in [0.05, 0.1) is 29.8 Å².